The summed E-state index contributed by atoms with van der Waals surface area (Å²) in [6, 6.07) is -0.377. The zero-order chi connectivity index (χ0) is 33.6. The maximum Gasteiger partial charge on any atom is 0.242 e. The molecule has 0 radical (unpaired) electrons. The minimum absolute atomic E-state index is 0.0200. The van der Waals surface area contributed by atoms with E-state index in [0.29, 0.717) is 13.0 Å². The van der Waals surface area contributed by atoms with E-state index in [1.54, 1.807) is 0 Å². The number of carbonyl (C=O) groups is 2. The van der Waals surface area contributed by atoms with Crippen LogP contribution in [0.3, 0.4) is 0 Å². The molecule has 0 bridgehead atoms. The first-order chi connectivity index (χ1) is 22.7. The van der Waals surface area contributed by atoms with Crippen LogP contribution in [0.2, 0.25) is 0 Å². The number of hydrogen-bond acceptors (Lipinski definition) is 2. The van der Waals surface area contributed by atoms with Crippen LogP contribution < -0.4 is 10.6 Å². The number of carbonyl (C=O) groups excluding carboxylic acids is 2. The smallest absolute Gasteiger partial charge is 0.242 e. The van der Waals surface area contributed by atoms with Crippen molar-refractivity contribution in [2.24, 2.45) is 0 Å². The van der Waals surface area contributed by atoms with Gasteiger partial charge in [0.15, 0.2) is 0 Å². The number of rotatable bonds is 37. The van der Waals surface area contributed by atoms with Crippen molar-refractivity contribution in [3.05, 3.63) is 12.2 Å². The summed E-state index contributed by atoms with van der Waals surface area (Å²) in [6.45, 7) is 7.12. The van der Waals surface area contributed by atoms with Gasteiger partial charge in [-0.3, -0.25) is 9.59 Å². The molecule has 0 saturated carbocycles. The Morgan fingerprint density at radius 2 is 0.804 bits per heavy atom. The van der Waals surface area contributed by atoms with E-state index in [-0.39, 0.29) is 17.9 Å². The number of amides is 2. The largest absolute Gasteiger partial charge is 0.355 e. The molecule has 0 aliphatic carbocycles. The summed E-state index contributed by atoms with van der Waals surface area (Å²) in [5.74, 6) is 0.0246. The van der Waals surface area contributed by atoms with Gasteiger partial charge < -0.3 is 10.6 Å². The highest BCUT2D eigenvalue weighted by atomic mass is 16.2. The van der Waals surface area contributed by atoms with Gasteiger partial charge in [0.1, 0.15) is 6.04 Å². The van der Waals surface area contributed by atoms with Crippen LogP contribution in [0.5, 0.6) is 0 Å². The molecular weight excluding hydrogens is 564 g/mol. The van der Waals surface area contributed by atoms with Crippen molar-refractivity contribution in [1.29, 1.82) is 0 Å². The Morgan fingerprint density at radius 1 is 0.457 bits per heavy atom. The van der Waals surface area contributed by atoms with Crippen molar-refractivity contribution in [1.82, 2.24) is 10.6 Å². The molecule has 1 unspecified atom stereocenters. The highest BCUT2D eigenvalue weighted by Gasteiger charge is 2.19. The van der Waals surface area contributed by atoms with E-state index in [0.717, 1.165) is 32.1 Å². The normalized spacial score (nSPS) is 12.2. The number of likely N-dealkylation sites (N-methyl/N-ethyl adjacent to an activating group) is 1. The van der Waals surface area contributed by atoms with Crippen molar-refractivity contribution < 1.29 is 9.59 Å². The molecule has 0 aromatic carbocycles. The molecule has 2 N–H and O–H groups in total. The van der Waals surface area contributed by atoms with Gasteiger partial charge in [0, 0.05) is 13.0 Å². The first kappa shape index (κ1) is 44.7. The lowest BCUT2D eigenvalue weighted by atomic mass is 10.0. The molecule has 46 heavy (non-hydrogen) atoms. The predicted molar refractivity (Wildman–Crippen MR) is 203 cm³/mol. The fraction of sp³-hybridized carbons (Fsp3) is 0.905. The highest BCUT2D eigenvalue weighted by Crippen LogP contribution is 2.15. The minimum atomic E-state index is -0.377. The molecule has 0 aliphatic rings. The predicted octanol–water partition coefficient (Wildman–Crippen LogP) is 13.1. The van der Waals surface area contributed by atoms with Gasteiger partial charge in [0.05, 0.1) is 0 Å². The maximum absolute atomic E-state index is 12.6. The van der Waals surface area contributed by atoms with Gasteiger partial charge in [-0.25, -0.2) is 0 Å². The van der Waals surface area contributed by atoms with Gasteiger partial charge in [0.25, 0.3) is 0 Å². The summed E-state index contributed by atoms with van der Waals surface area (Å²) < 4.78 is 0. The van der Waals surface area contributed by atoms with E-state index in [1.165, 1.54) is 173 Å². The van der Waals surface area contributed by atoms with Crippen LogP contribution in [-0.2, 0) is 9.59 Å². The quantitative estimate of drug-likeness (QED) is 0.0521. The van der Waals surface area contributed by atoms with Crippen molar-refractivity contribution in [2.75, 3.05) is 6.54 Å². The zero-order valence-corrected chi connectivity index (χ0v) is 31.6. The monoisotopic (exact) mass is 647 g/mol. The first-order valence-corrected chi connectivity index (χ1v) is 20.9. The molecule has 2 amide bonds. The molecule has 0 heterocycles. The molecular formula is C42H82N2O2. The lowest BCUT2D eigenvalue weighted by molar-refractivity contribution is -0.129. The molecule has 4 nitrogen and oxygen atoms in total. The average Bonchev–Trinajstić information content (AvgIpc) is 3.05. The second-order valence-corrected chi connectivity index (χ2v) is 14.1. The Balaban J connectivity index is 3.72. The van der Waals surface area contributed by atoms with Crippen molar-refractivity contribution >= 4 is 11.8 Å². The standard InChI is InChI=1S/C42H82N2O2/c1-4-7-9-11-13-15-17-19-21-22-23-25-26-28-30-32-34-36-38-40(42(46)43-6-3)44-41(45)39-37-35-33-31-29-27-24-20-18-16-14-12-10-8-5-2/h19,21,40H,4-18,20,22-39H2,1-3H3,(H,43,46)(H,44,45). The van der Waals surface area contributed by atoms with Gasteiger partial charge in [0.2, 0.25) is 11.8 Å². The molecule has 0 rings (SSSR count). The van der Waals surface area contributed by atoms with Crippen LogP contribution in [0, 0.1) is 0 Å². The fourth-order valence-electron chi connectivity index (χ4n) is 6.44. The third-order valence-corrected chi connectivity index (χ3v) is 9.51. The van der Waals surface area contributed by atoms with Crippen LogP contribution >= 0.6 is 0 Å². The van der Waals surface area contributed by atoms with Gasteiger partial charge >= 0.3 is 0 Å². The number of nitrogens with one attached hydrogen (secondary N) is 2. The Labute approximate surface area is 288 Å². The Kier molecular flexibility index (Phi) is 37.0. The molecule has 0 aromatic heterocycles. The van der Waals surface area contributed by atoms with Crippen molar-refractivity contribution in [3.8, 4) is 0 Å². The number of unbranched alkanes of at least 4 members (excludes halogenated alkanes) is 28. The van der Waals surface area contributed by atoms with Gasteiger partial charge in [-0.05, 0) is 45.4 Å². The van der Waals surface area contributed by atoms with E-state index in [1.807, 2.05) is 6.92 Å². The van der Waals surface area contributed by atoms with Crippen molar-refractivity contribution in [2.45, 2.75) is 239 Å². The van der Waals surface area contributed by atoms with E-state index in [2.05, 4.69) is 36.6 Å². The molecule has 0 fully saturated rings. The summed E-state index contributed by atoms with van der Waals surface area (Å²) in [6.07, 6.45) is 46.8. The molecule has 0 aliphatic heterocycles. The number of allylic oxidation sites excluding steroid dienone is 2. The lowest BCUT2D eigenvalue weighted by Crippen LogP contribution is -2.46. The summed E-state index contributed by atoms with van der Waals surface area (Å²) in [5, 5.41) is 5.97. The molecule has 0 aromatic rings. The third kappa shape index (κ3) is 34.0. The second-order valence-electron chi connectivity index (χ2n) is 14.1. The topological polar surface area (TPSA) is 58.2 Å². The SMILES string of the molecule is CCCCCCCCC=CCCCCCCCCCCC(NC(=O)CCCCCCCCCCCCCCCCC)C(=O)NCC. The summed E-state index contributed by atoms with van der Waals surface area (Å²) in [5.41, 5.74) is 0. The van der Waals surface area contributed by atoms with Crippen LogP contribution in [-0.4, -0.2) is 24.4 Å². The van der Waals surface area contributed by atoms with E-state index in [9.17, 15) is 9.59 Å². The average molecular weight is 647 g/mol. The van der Waals surface area contributed by atoms with E-state index < -0.39 is 0 Å². The van der Waals surface area contributed by atoms with E-state index in [4.69, 9.17) is 0 Å². The molecule has 0 saturated heterocycles. The summed E-state index contributed by atoms with van der Waals surface area (Å²) in [7, 11) is 0. The summed E-state index contributed by atoms with van der Waals surface area (Å²) >= 11 is 0. The zero-order valence-electron chi connectivity index (χ0n) is 31.6. The minimum Gasteiger partial charge on any atom is -0.355 e. The van der Waals surface area contributed by atoms with Crippen LogP contribution in [0.15, 0.2) is 12.2 Å². The number of hydrogen-bond donors (Lipinski definition) is 2. The third-order valence-electron chi connectivity index (χ3n) is 9.51. The van der Waals surface area contributed by atoms with Crippen molar-refractivity contribution in [3.63, 3.8) is 0 Å². The van der Waals surface area contributed by atoms with Crippen LogP contribution in [0.4, 0.5) is 0 Å². The molecule has 272 valence electrons. The summed E-state index contributed by atoms with van der Waals surface area (Å²) in [4.78, 5) is 25.2. The van der Waals surface area contributed by atoms with Gasteiger partial charge in [-0.2, -0.15) is 0 Å². The second kappa shape index (κ2) is 38.1. The molecule has 0 spiro atoms. The van der Waals surface area contributed by atoms with Gasteiger partial charge in [-0.1, -0.05) is 193 Å². The lowest BCUT2D eigenvalue weighted by Gasteiger charge is -2.18. The van der Waals surface area contributed by atoms with E-state index >= 15 is 0 Å². The fourth-order valence-corrected chi connectivity index (χ4v) is 6.44. The highest BCUT2D eigenvalue weighted by molar-refractivity contribution is 5.87. The van der Waals surface area contributed by atoms with Gasteiger partial charge in [-0.15, -0.1) is 0 Å². The Hall–Kier alpha value is -1.32. The molecule has 1 atom stereocenters. The van der Waals surface area contributed by atoms with Crippen LogP contribution in [0.25, 0.3) is 0 Å². The molecule has 4 heteroatoms. The first-order valence-electron chi connectivity index (χ1n) is 20.9. The Morgan fingerprint density at radius 3 is 1.20 bits per heavy atom. The van der Waals surface area contributed by atoms with Crippen LogP contribution in [0.1, 0.15) is 233 Å². The Bertz CT molecular complexity index is 662. The maximum atomic E-state index is 12.6.